The van der Waals surface area contributed by atoms with Crippen molar-refractivity contribution in [2.45, 2.75) is 44.8 Å². The number of nitrogens with two attached hydrogens (primary N) is 1. The van der Waals surface area contributed by atoms with Gasteiger partial charge in [0, 0.05) is 13.2 Å². The van der Waals surface area contributed by atoms with Crippen LogP contribution in [0.15, 0.2) is 0 Å². The minimum Gasteiger partial charge on any atom is -0.380 e. The van der Waals surface area contributed by atoms with Gasteiger partial charge in [0.1, 0.15) is 0 Å². The molecule has 2 heteroatoms. The molecule has 0 bridgehead atoms. The first-order chi connectivity index (χ1) is 5.25. The quantitative estimate of drug-likeness (QED) is 0.674. The van der Waals surface area contributed by atoms with E-state index in [1.807, 2.05) is 0 Å². The van der Waals surface area contributed by atoms with E-state index < -0.39 is 0 Å². The molecule has 2 unspecified atom stereocenters. The van der Waals surface area contributed by atoms with Crippen LogP contribution in [-0.2, 0) is 4.74 Å². The molecule has 2 N–H and O–H groups in total. The maximum absolute atomic E-state index is 6.01. The summed E-state index contributed by atoms with van der Waals surface area (Å²) in [5, 5.41) is 0. The predicted molar refractivity (Wildman–Crippen MR) is 46.4 cm³/mol. The summed E-state index contributed by atoms with van der Waals surface area (Å²) < 4.78 is 5.20. The van der Waals surface area contributed by atoms with Gasteiger partial charge in [0.05, 0.1) is 6.10 Å². The molecule has 0 aromatic rings. The molecule has 0 aliphatic heterocycles. The first-order valence-corrected chi connectivity index (χ1v) is 4.54. The standard InChI is InChI=1S/C9H19NO/c1-7(11-2)9(10)8-5-3-4-6-8/h7-9H,3-6,10H2,1-2H3. The minimum atomic E-state index is 0.220. The van der Waals surface area contributed by atoms with Gasteiger partial charge in [-0.15, -0.1) is 0 Å². The highest BCUT2D eigenvalue weighted by Crippen LogP contribution is 2.28. The summed E-state index contributed by atoms with van der Waals surface area (Å²) in [5.74, 6) is 0.713. The topological polar surface area (TPSA) is 35.2 Å². The number of ether oxygens (including phenoxy) is 1. The molecule has 66 valence electrons. The molecule has 1 saturated carbocycles. The van der Waals surface area contributed by atoms with Crippen molar-refractivity contribution >= 4 is 0 Å². The van der Waals surface area contributed by atoms with Gasteiger partial charge in [-0.2, -0.15) is 0 Å². The van der Waals surface area contributed by atoms with Gasteiger partial charge in [-0.1, -0.05) is 12.8 Å². The lowest BCUT2D eigenvalue weighted by molar-refractivity contribution is 0.0768. The van der Waals surface area contributed by atoms with Gasteiger partial charge in [0.2, 0.25) is 0 Å². The summed E-state index contributed by atoms with van der Waals surface area (Å²) in [4.78, 5) is 0. The summed E-state index contributed by atoms with van der Waals surface area (Å²) in [6, 6.07) is 0.252. The average molecular weight is 157 g/mol. The third-order valence-corrected chi connectivity index (χ3v) is 2.86. The normalized spacial score (nSPS) is 25.4. The van der Waals surface area contributed by atoms with Gasteiger partial charge < -0.3 is 10.5 Å². The monoisotopic (exact) mass is 157 g/mol. The number of rotatable bonds is 3. The Hall–Kier alpha value is -0.0800. The first kappa shape index (κ1) is 9.01. The fourth-order valence-electron chi connectivity index (χ4n) is 1.88. The molecule has 1 aliphatic carbocycles. The summed E-state index contributed by atoms with van der Waals surface area (Å²) in [6.45, 7) is 2.06. The van der Waals surface area contributed by atoms with Crippen LogP contribution in [0, 0.1) is 5.92 Å². The van der Waals surface area contributed by atoms with Crippen LogP contribution in [0.2, 0.25) is 0 Å². The van der Waals surface area contributed by atoms with E-state index in [1.165, 1.54) is 25.7 Å². The maximum atomic E-state index is 6.01. The van der Waals surface area contributed by atoms with E-state index in [2.05, 4.69) is 6.92 Å². The minimum absolute atomic E-state index is 0.220. The first-order valence-electron chi connectivity index (χ1n) is 4.54. The second kappa shape index (κ2) is 4.07. The average Bonchev–Trinajstić information content (AvgIpc) is 2.53. The highest BCUT2D eigenvalue weighted by Gasteiger charge is 2.25. The number of methoxy groups -OCH3 is 1. The van der Waals surface area contributed by atoms with Crippen LogP contribution in [-0.4, -0.2) is 19.3 Å². The van der Waals surface area contributed by atoms with Crippen LogP contribution in [0.3, 0.4) is 0 Å². The summed E-state index contributed by atoms with van der Waals surface area (Å²) in [7, 11) is 1.74. The molecule has 0 aromatic heterocycles. The van der Waals surface area contributed by atoms with E-state index in [-0.39, 0.29) is 12.1 Å². The Bertz CT molecular complexity index is 110. The molecular weight excluding hydrogens is 138 g/mol. The van der Waals surface area contributed by atoms with E-state index in [1.54, 1.807) is 7.11 Å². The Morgan fingerprint density at radius 1 is 1.36 bits per heavy atom. The van der Waals surface area contributed by atoms with Crippen molar-refractivity contribution in [3.63, 3.8) is 0 Å². The molecule has 1 fully saturated rings. The Morgan fingerprint density at radius 2 is 1.91 bits per heavy atom. The summed E-state index contributed by atoms with van der Waals surface area (Å²) >= 11 is 0. The molecular formula is C9H19NO. The number of hydrogen-bond acceptors (Lipinski definition) is 2. The lowest BCUT2D eigenvalue weighted by Gasteiger charge is -2.24. The third-order valence-electron chi connectivity index (χ3n) is 2.86. The molecule has 1 aliphatic rings. The van der Waals surface area contributed by atoms with Crippen molar-refractivity contribution in [3.8, 4) is 0 Å². The highest BCUT2D eigenvalue weighted by molar-refractivity contribution is 4.81. The summed E-state index contributed by atoms with van der Waals surface area (Å²) in [6.07, 6.45) is 5.53. The van der Waals surface area contributed by atoms with Crippen LogP contribution in [0.5, 0.6) is 0 Å². The molecule has 2 nitrogen and oxygen atoms in total. The third kappa shape index (κ3) is 2.17. The van der Waals surface area contributed by atoms with Crippen molar-refractivity contribution in [1.82, 2.24) is 0 Å². The second-order valence-corrected chi connectivity index (χ2v) is 3.56. The summed E-state index contributed by atoms with van der Waals surface area (Å²) in [5.41, 5.74) is 6.01. The van der Waals surface area contributed by atoms with Crippen LogP contribution in [0.25, 0.3) is 0 Å². The van der Waals surface area contributed by atoms with Gasteiger partial charge in [-0.3, -0.25) is 0 Å². The fraction of sp³-hybridized carbons (Fsp3) is 1.00. The zero-order valence-corrected chi connectivity index (χ0v) is 7.55. The molecule has 0 aromatic carbocycles. The highest BCUT2D eigenvalue weighted by atomic mass is 16.5. The van der Waals surface area contributed by atoms with Crippen LogP contribution >= 0.6 is 0 Å². The zero-order valence-electron chi connectivity index (χ0n) is 7.55. The largest absolute Gasteiger partial charge is 0.380 e. The Labute approximate surface area is 69.1 Å². The fourth-order valence-corrected chi connectivity index (χ4v) is 1.88. The Balaban J connectivity index is 2.32. The van der Waals surface area contributed by atoms with Crippen molar-refractivity contribution < 1.29 is 4.74 Å². The van der Waals surface area contributed by atoms with Gasteiger partial charge in [-0.25, -0.2) is 0 Å². The second-order valence-electron chi connectivity index (χ2n) is 3.56. The van der Waals surface area contributed by atoms with Gasteiger partial charge in [-0.05, 0) is 25.7 Å². The van der Waals surface area contributed by atoms with Crippen LogP contribution in [0.1, 0.15) is 32.6 Å². The molecule has 0 radical (unpaired) electrons. The molecule has 11 heavy (non-hydrogen) atoms. The number of hydrogen-bond donors (Lipinski definition) is 1. The molecule has 1 rings (SSSR count). The molecule has 0 spiro atoms. The maximum Gasteiger partial charge on any atom is 0.0696 e. The molecule has 0 heterocycles. The van der Waals surface area contributed by atoms with Crippen LogP contribution in [0.4, 0.5) is 0 Å². The van der Waals surface area contributed by atoms with Crippen molar-refractivity contribution in [1.29, 1.82) is 0 Å². The lowest BCUT2D eigenvalue weighted by atomic mass is 9.95. The van der Waals surface area contributed by atoms with E-state index in [9.17, 15) is 0 Å². The van der Waals surface area contributed by atoms with Gasteiger partial charge >= 0.3 is 0 Å². The van der Waals surface area contributed by atoms with Gasteiger partial charge in [0.15, 0.2) is 0 Å². The Morgan fingerprint density at radius 3 is 2.36 bits per heavy atom. The van der Waals surface area contributed by atoms with Gasteiger partial charge in [0.25, 0.3) is 0 Å². The zero-order chi connectivity index (χ0) is 8.27. The van der Waals surface area contributed by atoms with Crippen molar-refractivity contribution in [2.24, 2.45) is 11.7 Å². The predicted octanol–water partition coefficient (Wildman–Crippen LogP) is 1.54. The Kier molecular flexibility index (Phi) is 3.34. The van der Waals surface area contributed by atoms with E-state index >= 15 is 0 Å². The van der Waals surface area contributed by atoms with Crippen molar-refractivity contribution in [3.05, 3.63) is 0 Å². The molecule has 2 atom stereocenters. The smallest absolute Gasteiger partial charge is 0.0696 e. The lowest BCUT2D eigenvalue weighted by Crippen LogP contribution is -2.39. The van der Waals surface area contributed by atoms with E-state index in [0.29, 0.717) is 5.92 Å². The molecule has 0 saturated heterocycles. The molecule has 0 amide bonds. The van der Waals surface area contributed by atoms with E-state index in [0.717, 1.165) is 0 Å². The van der Waals surface area contributed by atoms with Crippen LogP contribution < -0.4 is 5.73 Å². The van der Waals surface area contributed by atoms with E-state index in [4.69, 9.17) is 10.5 Å². The van der Waals surface area contributed by atoms with Crippen molar-refractivity contribution in [2.75, 3.05) is 7.11 Å². The SMILES string of the molecule is COC(C)C(N)C1CCCC1.